The van der Waals surface area contributed by atoms with Crippen LogP contribution >= 0.6 is 0 Å². The summed E-state index contributed by atoms with van der Waals surface area (Å²) in [6, 6.07) is 8.17. The molecule has 2 aromatic rings. The Kier molecular flexibility index (Phi) is 2.83. The first-order valence-corrected chi connectivity index (χ1v) is 6.08. The van der Waals surface area contributed by atoms with Crippen LogP contribution in [0.3, 0.4) is 0 Å². The minimum Gasteiger partial charge on any atom is -0.288 e. The normalized spacial score (nSPS) is 15.5. The highest BCUT2D eigenvalue weighted by atomic mass is 16.1. The van der Waals surface area contributed by atoms with E-state index in [1.807, 2.05) is 18.2 Å². The lowest BCUT2D eigenvalue weighted by Crippen LogP contribution is -2.16. The zero-order valence-electron chi connectivity index (χ0n) is 10.5. The molecule has 1 aromatic carbocycles. The third-order valence-electron chi connectivity index (χ3n) is 3.12. The van der Waals surface area contributed by atoms with Crippen LogP contribution in [-0.2, 0) is 6.42 Å². The van der Waals surface area contributed by atoms with Gasteiger partial charge in [0.2, 0.25) is 5.95 Å². The molecule has 0 atom stereocenters. The van der Waals surface area contributed by atoms with Crippen molar-refractivity contribution in [1.29, 1.82) is 0 Å². The molecule has 0 aliphatic heterocycles. The maximum atomic E-state index is 11.4. The Morgan fingerprint density at radius 2 is 2.11 bits per heavy atom. The average Bonchev–Trinajstić information content (AvgIpc) is 2.83. The highest BCUT2D eigenvalue weighted by Crippen LogP contribution is 2.21. The van der Waals surface area contributed by atoms with E-state index in [1.54, 1.807) is 6.92 Å². The Labute approximate surface area is 109 Å². The summed E-state index contributed by atoms with van der Waals surface area (Å²) in [5.74, 6) is 0.257. The highest BCUT2D eigenvalue weighted by Gasteiger charge is 2.16. The summed E-state index contributed by atoms with van der Waals surface area (Å²) < 4.78 is 0. The third kappa shape index (κ3) is 2.24. The number of nitrogens with one attached hydrogen (secondary N) is 2. The fourth-order valence-electron chi connectivity index (χ4n) is 2.09. The summed E-state index contributed by atoms with van der Waals surface area (Å²) in [4.78, 5) is 14.0. The molecular formula is C13H13N5O. The van der Waals surface area contributed by atoms with Gasteiger partial charge in [-0.3, -0.25) is 9.78 Å². The SMILES string of the molecule is Cc1nnc(N/N=C2/CCc3ccccc32)[nH]c1=O. The van der Waals surface area contributed by atoms with E-state index >= 15 is 0 Å². The first-order chi connectivity index (χ1) is 9.24. The van der Waals surface area contributed by atoms with E-state index in [0.717, 1.165) is 24.1 Å². The third-order valence-corrected chi connectivity index (χ3v) is 3.12. The molecule has 3 rings (SSSR count). The maximum Gasteiger partial charge on any atom is 0.274 e. The van der Waals surface area contributed by atoms with Gasteiger partial charge in [-0.05, 0) is 25.3 Å². The Bertz CT molecular complexity index is 704. The van der Waals surface area contributed by atoms with Gasteiger partial charge in [0.05, 0.1) is 5.71 Å². The minimum absolute atomic E-state index is 0.257. The van der Waals surface area contributed by atoms with Gasteiger partial charge in [0.15, 0.2) is 0 Å². The van der Waals surface area contributed by atoms with Gasteiger partial charge in [0, 0.05) is 5.56 Å². The second-order valence-corrected chi connectivity index (χ2v) is 4.42. The van der Waals surface area contributed by atoms with Crippen molar-refractivity contribution in [2.75, 3.05) is 5.43 Å². The molecule has 6 nitrogen and oxygen atoms in total. The maximum absolute atomic E-state index is 11.4. The summed E-state index contributed by atoms with van der Waals surface area (Å²) in [5.41, 5.74) is 6.25. The van der Waals surface area contributed by atoms with E-state index in [2.05, 4.69) is 31.8 Å². The number of fused-ring (bicyclic) bond motifs is 1. The number of hydrogen-bond donors (Lipinski definition) is 2. The first kappa shape index (κ1) is 11.6. The van der Waals surface area contributed by atoms with Gasteiger partial charge in [-0.1, -0.05) is 24.3 Å². The van der Waals surface area contributed by atoms with Crippen LogP contribution in [0.25, 0.3) is 0 Å². The second kappa shape index (κ2) is 4.64. The number of aryl methyl sites for hydroxylation is 2. The zero-order chi connectivity index (χ0) is 13.2. The summed E-state index contributed by atoms with van der Waals surface area (Å²) in [5, 5.41) is 11.9. The van der Waals surface area contributed by atoms with Gasteiger partial charge in [-0.15, -0.1) is 10.2 Å². The molecule has 0 saturated carbocycles. The highest BCUT2D eigenvalue weighted by molar-refractivity contribution is 6.04. The molecule has 0 unspecified atom stereocenters. The number of hydrogen-bond acceptors (Lipinski definition) is 5. The number of hydrazone groups is 1. The van der Waals surface area contributed by atoms with Crippen LogP contribution in [0, 0.1) is 6.92 Å². The predicted molar refractivity (Wildman–Crippen MR) is 72.3 cm³/mol. The van der Waals surface area contributed by atoms with Crippen LogP contribution < -0.4 is 11.0 Å². The first-order valence-electron chi connectivity index (χ1n) is 6.08. The van der Waals surface area contributed by atoms with Crippen molar-refractivity contribution in [2.45, 2.75) is 19.8 Å². The molecule has 0 spiro atoms. The predicted octanol–water partition coefficient (Wildman–Crippen LogP) is 1.24. The van der Waals surface area contributed by atoms with Crippen molar-refractivity contribution in [2.24, 2.45) is 5.10 Å². The molecule has 0 fully saturated rings. The average molecular weight is 255 g/mol. The van der Waals surface area contributed by atoms with E-state index < -0.39 is 0 Å². The molecule has 2 N–H and O–H groups in total. The molecule has 1 aromatic heterocycles. The van der Waals surface area contributed by atoms with Gasteiger partial charge in [0.25, 0.3) is 5.56 Å². The van der Waals surface area contributed by atoms with Crippen LogP contribution in [0.5, 0.6) is 0 Å². The number of rotatable bonds is 2. The molecule has 0 bridgehead atoms. The molecule has 1 aliphatic carbocycles. The van der Waals surface area contributed by atoms with E-state index in [9.17, 15) is 4.79 Å². The lowest BCUT2D eigenvalue weighted by Gasteiger charge is -2.01. The van der Waals surface area contributed by atoms with E-state index in [4.69, 9.17) is 0 Å². The Morgan fingerprint density at radius 1 is 1.26 bits per heavy atom. The van der Waals surface area contributed by atoms with Crippen LogP contribution in [0.4, 0.5) is 5.95 Å². The zero-order valence-corrected chi connectivity index (χ0v) is 10.5. The van der Waals surface area contributed by atoms with Crippen molar-refractivity contribution in [3.63, 3.8) is 0 Å². The molecule has 0 radical (unpaired) electrons. The molecular weight excluding hydrogens is 242 g/mol. The molecule has 1 heterocycles. The monoisotopic (exact) mass is 255 g/mol. The van der Waals surface area contributed by atoms with E-state index in [1.165, 1.54) is 5.56 Å². The molecule has 1 aliphatic rings. The Hall–Kier alpha value is -2.50. The molecule has 19 heavy (non-hydrogen) atoms. The Balaban J connectivity index is 1.84. The largest absolute Gasteiger partial charge is 0.288 e. The number of benzene rings is 1. The number of anilines is 1. The smallest absolute Gasteiger partial charge is 0.274 e. The van der Waals surface area contributed by atoms with Crippen LogP contribution in [0.1, 0.15) is 23.2 Å². The van der Waals surface area contributed by atoms with Gasteiger partial charge in [0.1, 0.15) is 5.69 Å². The second-order valence-electron chi connectivity index (χ2n) is 4.42. The molecule has 96 valence electrons. The van der Waals surface area contributed by atoms with Crippen molar-refractivity contribution < 1.29 is 0 Å². The standard InChI is InChI=1S/C13H13N5O/c1-8-12(19)14-13(17-15-8)18-16-11-7-6-9-4-2-3-5-10(9)11/h2-5H,6-7H2,1H3,(H2,14,17,18,19)/b16-11-. The van der Waals surface area contributed by atoms with Gasteiger partial charge in [-0.2, -0.15) is 5.10 Å². The number of H-pyrrole nitrogens is 1. The molecule has 6 heteroatoms. The lowest BCUT2D eigenvalue weighted by atomic mass is 10.1. The fourth-order valence-corrected chi connectivity index (χ4v) is 2.09. The number of aromatic amines is 1. The number of nitrogens with zero attached hydrogens (tertiary/aromatic N) is 3. The quantitative estimate of drug-likeness (QED) is 0.791. The van der Waals surface area contributed by atoms with E-state index in [0.29, 0.717) is 5.69 Å². The minimum atomic E-state index is -0.260. The van der Waals surface area contributed by atoms with E-state index in [-0.39, 0.29) is 11.5 Å². The summed E-state index contributed by atoms with van der Waals surface area (Å²) in [6.45, 7) is 1.61. The van der Waals surface area contributed by atoms with Crippen molar-refractivity contribution in [3.8, 4) is 0 Å². The topological polar surface area (TPSA) is 83.0 Å². The van der Waals surface area contributed by atoms with Crippen molar-refractivity contribution in [3.05, 3.63) is 51.4 Å². The van der Waals surface area contributed by atoms with Gasteiger partial charge in [-0.25, -0.2) is 5.43 Å². The van der Waals surface area contributed by atoms with Gasteiger partial charge >= 0.3 is 0 Å². The molecule has 0 amide bonds. The van der Waals surface area contributed by atoms with Crippen LogP contribution in [0.15, 0.2) is 34.2 Å². The summed E-state index contributed by atoms with van der Waals surface area (Å²) >= 11 is 0. The van der Waals surface area contributed by atoms with Gasteiger partial charge < -0.3 is 0 Å². The molecule has 0 saturated heterocycles. The van der Waals surface area contributed by atoms with Crippen LogP contribution in [0.2, 0.25) is 0 Å². The van der Waals surface area contributed by atoms with Crippen LogP contribution in [-0.4, -0.2) is 20.9 Å². The fraction of sp³-hybridized carbons (Fsp3) is 0.231. The van der Waals surface area contributed by atoms with Crippen molar-refractivity contribution in [1.82, 2.24) is 15.2 Å². The number of aromatic nitrogens is 3. The Morgan fingerprint density at radius 3 is 2.95 bits per heavy atom. The lowest BCUT2D eigenvalue weighted by molar-refractivity contribution is 0.896. The summed E-state index contributed by atoms with van der Waals surface area (Å²) in [6.07, 6.45) is 1.88. The summed E-state index contributed by atoms with van der Waals surface area (Å²) in [7, 11) is 0. The van der Waals surface area contributed by atoms with Crippen molar-refractivity contribution >= 4 is 11.7 Å².